The van der Waals surface area contributed by atoms with Crippen LogP contribution in [0, 0.1) is 11.3 Å². The molecule has 0 spiro atoms. The van der Waals surface area contributed by atoms with Gasteiger partial charge in [0.05, 0.1) is 0 Å². The zero-order chi connectivity index (χ0) is 5.11. The Labute approximate surface area is 45.2 Å². The van der Waals surface area contributed by atoms with E-state index in [2.05, 4.69) is 4.37 Å². The first-order valence-electron chi connectivity index (χ1n) is 1.74. The Morgan fingerprint density at radius 3 is 3.00 bits per heavy atom. The zero-order valence-corrected chi connectivity index (χ0v) is 4.27. The summed E-state index contributed by atoms with van der Waals surface area (Å²) in [5, 5.41) is 9.90. The third kappa shape index (κ3) is 0.756. The van der Waals surface area contributed by atoms with Gasteiger partial charge < -0.3 is 0 Å². The molecule has 2 nitrogen and oxygen atoms in total. The summed E-state index contributed by atoms with van der Waals surface area (Å²) in [6.07, 6.45) is 0. The van der Waals surface area contributed by atoms with Crippen molar-refractivity contribution < 1.29 is 0 Å². The molecule has 1 aromatic rings. The molecule has 0 amide bonds. The highest BCUT2D eigenvalue weighted by Gasteiger charge is 1.84. The fraction of sp³-hybridized carbons (Fsp3) is 0. The third-order valence-corrected chi connectivity index (χ3v) is 1.11. The van der Waals surface area contributed by atoms with Crippen LogP contribution in [0.1, 0.15) is 5.69 Å². The molecule has 34 valence electrons. The molecule has 1 aromatic heterocycles. The molecule has 0 saturated heterocycles. The van der Waals surface area contributed by atoms with E-state index in [9.17, 15) is 0 Å². The molecule has 0 atom stereocenters. The summed E-state index contributed by atoms with van der Waals surface area (Å²) in [5.41, 5.74) is 0.505. The number of nitriles is 1. The molecular formula is C4H2N2S. The number of hydrogen-bond acceptors (Lipinski definition) is 3. The molecule has 0 unspecified atom stereocenters. The highest BCUT2D eigenvalue weighted by Crippen LogP contribution is 1.95. The Kier molecular flexibility index (Phi) is 1.05. The highest BCUT2D eigenvalue weighted by atomic mass is 32.1. The van der Waals surface area contributed by atoms with Crippen molar-refractivity contribution in [2.45, 2.75) is 0 Å². The van der Waals surface area contributed by atoms with E-state index in [1.54, 1.807) is 11.4 Å². The van der Waals surface area contributed by atoms with Crippen molar-refractivity contribution in [1.29, 1.82) is 5.26 Å². The summed E-state index contributed by atoms with van der Waals surface area (Å²) in [5.74, 6) is 0. The lowest BCUT2D eigenvalue weighted by molar-refractivity contribution is 1.42. The maximum Gasteiger partial charge on any atom is 0.154 e. The molecule has 0 aliphatic rings. The molecule has 0 N–H and O–H groups in total. The van der Waals surface area contributed by atoms with E-state index in [0.717, 1.165) is 0 Å². The molecule has 0 aliphatic carbocycles. The van der Waals surface area contributed by atoms with Crippen molar-refractivity contribution in [2.24, 2.45) is 0 Å². The van der Waals surface area contributed by atoms with Crippen LogP contribution in [0.25, 0.3) is 0 Å². The van der Waals surface area contributed by atoms with Gasteiger partial charge in [0.2, 0.25) is 0 Å². The van der Waals surface area contributed by atoms with Gasteiger partial charge in [-0.2, -0.15) is 9.64 Å². The first-order valence-corrected chi connectivity index (χ1v) is 2.57. The van der Waals surface area contributed by atoms with E-state index in [1.165, 1.54) is 11.5 Å². The van der Waals surface area contributed by atoms with E-state index < -0.39 is 0 Å². The van der Waals surface area contributed by atoms with Crippen LogP contribution in [0.2, 0.25) is 0 Å². The van der Waals surface area contributed by atoms with Crippen molar-refractivity contribution in [1.82, 2.24) is 4.37 Å². The lowest BCUT2D eigenvalue weighted by Crippen LogP contribution is -1.62. The van der Waals surface area contributed by atoms with E-state index in [4.69, 9.17) is 5.26 Å². The highest BCUT2D eigenvalue weighted by molar-refractivity contribution is 7.03. The Balaban J connectivity index is 3.04. The maximum atomic E-state index is 8.12. The summed E-state index contributed by atoms with van der Waals surface area (Å²) >= 11 is 1.29. The quantitative estimate of drug-likeness (QED) is 0.499. The van der Waals surface area contributed by atoms with Crippen LogP contribution in [-0.2, 0) is 0 Å². The molecule has 0 bridgehead atoms. The van der Waals surface area contributed by atoms with Gasteiger partial charge in [-0.15, -0.1) is 0 Å². The van der Waals surface area contributed by atoms with Crippen molar-refractivity contribution in [3.8, 4) is 6.07 Å². The third-order valence-electron chi connectivity index (χ3n) is 0.552. The minimum atomic E-state index is 0.505. The first kappa shape index (κ1) is 4.28. The average Bonchev–Trinajstić information content (AvgIpc) is 2.14. The molecule has 7 heavy (non-hydrogen) atoms. The molecule has 3 heteroatoms. The van der Waals surface area contributed by atoms with Gasteiger partial charge in [-0.25, -0.2) is 0 Å². The predicted octanol–water partition coefficient (Wildman–Crippen LogP) is 1.01. The standard InChI is InChI=1S/C4H2N2S/c5-3-4-1-2-7-6-4/h1-2H. The smallest absolute Gasteiger partial charge is 0.154 e. The van der Waals surface area contributed by atoms with Crippen molar-refractivity contribution >= 4 is 11.5 Å². The van der Waals surface area contributed by atoms with E-state index in [-0.39, 0.29) is 0 Å². The zero-order valence-electron chi connectivity index (χ0n) is 3.46. The van der Waals surface area contributed by atoms with E-state index in [0.29, 0.717) is 5.69 Å². The van der Waals surface area contributed by atoms with Crippen molar-refractivity contribution in [2.75, 3.05) is 0 Å². The van der Waals surface area contributed by atoms with Crippen LogP contribution in [0.3, 0.4) is 0 Å². The molecule has 1 rings (SSSR count). The van der Waals surface area contributed by atoms with Gasteiger partial charge in [-0.3, -0.25) is 0 Å². The van der Waals surface area contributed by atoms with Crippen molar-refractivity contribution in [3.63, 3.8) is 0 Å². The topological polar surface area (TPSA) is 36.7 Å². The number of nitrogens with zero attached hydrogens (tertiary/aromatic N) is 2. The minimum absolute atomic E-state index is 0.505. The van der Waals surface area contributed by atoms with Crippen LogP contribution >= 0.6 is 11.5 Å². The van der Waals surface area contributed by atoms with Gasteiger partial charge >= 0.3 is 0 Å². The number of rotatable bonds is 0. The average molecular weight is 110 g/mol. The molecule has 0 fully saturated rings. The van der Waals surface area contributed by atoms with E-state index >= 15 is 0 Å². The number of hydrogen-bond donors (Lipinski definition) is 0. The summed E-state index contributed by atoms with van der Waals surface area (Å²) in [6, 6.07) is 3.59. The fourth-order valence-corrected chi connectivity index (χ4v) is 0.736. The second kappa shape index (κ2) is 1.71. The predicted molar refractivity (Wildman–Crippen MR) is 26.8 cm³/mol. The van der Waals surface area contributed by atoms with Gasteiger partial charge in [-0.1, -0.05) is 0 Å². The Morgan fingerprint density at radius 2 is 2.71 bits per heavy atom. The van der Waals surface area contributed by atoms with Crippen molar-refractivity contribution in [3.05, 3.63) is 17.1 Å². The monoisotopic (exact) mass is 110 g/mol. The second-order valence-electron chi connectivity index (χ2n) is 0.996. The molecule has 0 aromatic carbocycles. The molecule has 0 aliphatic heterocycles. The van der Waals surface area contributed by atoms with Crippen LogP contribution in [0.4, 0.5) is 0 Å². The van der Waals surface area contributed by atoms with Gasteiger partial charge in [0, 0.05) is 5.38 Å². The van der Waals surface area contributed by atoms with Crippen LogP contribution in [0.15, 0.2) is 11.4 Å². The summed E-state index contributed by atoms with van der Waals surface area (Å²) in [6.45, 7) is 0. The van der Waals surface area contributed by atoms with Gasteiger partial charge in [0.15, 0.2) is 5.69 Å². The normalized spacial score (nSPS) is 7.86. The van der Waals surface area contributed by atoms with Gasteiger partial charge in [0.25, 0.3) is 0 Å². The lowest BCUT2D eigenvalue weighted by atomic mass is 10.5. The number of aromatic nitrogens is 1. The van der Waals surface area contributed by atoms with E-state index in [1.807, 2.05) is 6.07 Å². The Bertz CT molecular complexity index is 172. The van der Waals surface area contributed by atoms with Crippen LogP contribution in [-0.4, -0.2) is 4.37 Å². The minimum Gasteiger partial charge on any atom is -0.191 e. The largest absolute Gasteiger partial charge is 0.191 e. The van der Waals surface area contributed by atoms with Gasteiger partial charge in [-0.05, 0) is 17.6 Å². The van der Waals surface area contributed by atoms with Crippen LogP contribution < -0.4 is 0 Å². The fourth-order valence-electron chi connectivity index (χ4n) is 0.270. The second-order valence-corrected chi connectivity index (χ2v) is 1.66. The lowest BCUT2D eigenvalue weighted by Gasteiger charge is -1.61. The molecule has 0 saturated carbocycles. The van der Waals surface area contributed by atoms with Gasteiger partial charge in [0.1, 0.15) is 6.07 Å². The SMILES string of the molecule is N#Cc1ccsn1. The summed E-state index contributed by atoms with van der Waals surface area (Å²) in [7, 11) is 0. The Hall–Kier alpha value is -0.880. The first-order chi connectivity index (χ1) is 3.43. The molecule has 1 heterocycles. The summed E-state index contributed by atoms with van der Waals surface area (Å²) < 4.78 is 3.72. The molecule has 0 radical (unpaired) electrons. The summed E-state index contributed by atoms with van der Waals surface area (Å²) in [4.78, 5) is 0. The molecular weight excluding hydrogens is 108 g/mol. The Morgan fingerprint density at radius 1 is 1.86 bits per heavy atom. The van der Waals surface area contributed by atoms with Crippen LogP contribution in [0.5, 0.6) is 0 Å². The maximum absolute atomic E-state index is 8.12.